The van der Waals surface area contributed by atoms with E-state index < -0.39 is 0 Å². The molecule has 1 aliphatic rings. The van der Waals surface area contributed by atoms with Crippen LogP contribution in [-0.4, -0.2) is 36.5 Å². The van der Waals surface area contributed by atoms with Crippen LogP contribution >= 0.6 is 0 Å². The van der Waals surface area contributed by atoms with E-state index in [2.05, 4.69) is 36.5 Å². The van der Waals surface area contributed by atoms with E-state index in [0.717, 1.165) is 25.8 Å². The summed E-state index contributed by atoms with van der Waals surface area (Å²) in [6.07, 6.45) is 2.99. The van der Waals surface area contributed by atoms with Crippen molar-refractivity contribution in [3.63, 3.8) is 0 Å². The van der Waals surface area contributed by atoms with Crippen molar-refractivity contribution in [1.29, 1.82) is 0 Å². The minimum atomic E-state index is 0.0111. The first-order valence-electron chi connectivity index (χ1n) is 6.74. The largest absolute Gasteiger partial charge is 0.338 e. The van der Waals surface area contributed by atoms with Gasteiger partial charge in [-0.3, -0.25) is 4.79 Å². The molecule has 0 spiro atoms. The number of likely N-dealkylation sites (N-methyl/N-ethyl adjacent to an activating group) is 1. The number of likely N-dealkylation sites (tertiary alicyclic amines) is 1. The summed E-state index contributed by atoms with van der Waals surface area (Å²) < 4.78 is 0. The first-order chi connectivity index (χ1) is 8.72. The van der Waals surface area contributed by atoms with Crippen LogP contribution in [0.15, 0.2) is 30.3 Å². The zero-order valence-corrected chi connectivity index (χ0v) is 11.2. The Morgan fingerprint density at radius 3 is 2.78 bits per heavy atom. The maximum absolute atomic E-state index is 12.3. The molecule has 2 rings (SSSR count). The monoisotopic (exact) mass is 246 g/mol. The molecule has 3 nitrogen and oxygen atoms in total. The van der Waals surface area contributed by atoms with Crippen molar-refractivity contribution < 1.29 is 4.79 Å². The minimum Gasteiger partial charge on any atom is -0.338 e. The van der Waals surface area contributed by atoms with Crippen molar-refractivity contribution in [2.75, 3.05) is 13.6 Å². The summed E-state index contributed by atoms with van der Waals surface area (Å²) in [6.45, 7) is 3.04. The van der Waals surface area contributed by atoms with Crippen molar-refractivity contribution in [3.05, 3.63) is 35.9 Å². The third-order valence-corrected chi connectivity index (χ3v) is 3.73. The Morgan fingerprint density at radius 2 is 2.11 bits per heavy atom. The quantitative estimate of drug-likeness (QED) is 0.879. The van der Waals surface area contributed by atoms with E-state index in [1.165, 1.54) is 5.56 Å². The lowest BCUT2D eigenvalue weighted by molar-refractivity contribution is -0.137. The Bertz CT molecular complexity index is 391. The lowest BCUT2D eigenvalue weighted by Crippen LogP contribution is -2.53. The Kier molecular flexibility index (Phi) is 4.37. The molecule has 2 unspecified atom stereocenters. The molecule has 2 atom stereocenters. The van der Waals surface area contributed by atoms with E-state index in [9.17, 15) is 4.79 Å². The van der Waals surface area contributed by atoms with Gasteiger partial charge in [-0.25, -0.2) is 0 Å². The lowest BCUT2D eigenvalue weighted by Gasteiger charge is -2.36. The van der Waals surface area contributed by atoms with Crippen molar-refractivity contribution in [3.8, 4) is 0 Å². The molecule has 98 valence electrons. The van der Waals surface area contributed by atoms with Gasteiger partial charge in [0.05, 0.1) is 6.04 Å². The molecule has 1 aliphatic heterocycles. The summed E-state index contributed by atoms with van der Waals surface area (Å²) in [5.74, 6) is 0.257. The van der Waals surface area contributed by atoms with Crippen molar-refractivity contribution in [1.82, 2.24) is 10.2 Å². The summed E-state index contributed by atoms with van der Waals surface area (Å²) >= 11 is 0. The van der Waals surface area contributed by atoms with Crippen molar-refractivity contribution >= 4 is 5.91 Å². The molecule has 0 aliphatic carbocycles. The summed E-state index contributed by atoms with van der Waals surface area (Å²) in [6, 6.07) is 10.7. The minimum absolute atomic E-state index is 0.0111. The molecule has 1 fully saturated rings. The molecule has 1 N–H and O–H groups in total. The third kappa shape index (κ3) is 2.91. The van der Waals surface area contributed by atoms with Crippen LogP contribution in [0.5, 0.6) is 0 Å². The van der Waals surface area contributed by atoms with Crippen LogP contribution < -0.4 is 5.32 Å². The molecule has 1 heterocycles. The number of hydrogen-bond donors (Lipinski definition) is 1. The number of rotatable bonds is 4. The number of piperidine rings is 1. The van der Waals surface area contributed by atoms with Gasteiger partial charge in [0.2, 0.25) is 5.91 Å². The SMILES string of the molecule is CNC1CCCN(C(C)Cc2ccccc2)C1=O. The molecule has 1 aromatic rings. The fraction of sp³-hybridized carbons (Fsp3) is 0.533. The molecule has 0 radical (unpaired) electrons. The highest BCUT2D eigenvalue weighted by molar-refractivity contribution is 5.82. The molecule has 3 heteroatoms. The number of amides is 1. The van der Waals surface area contributed by atoms with E-state index in [0.29, 0.717) is 0 Å². The van der Waals surface area contributed by atoms with Crippen LogP contribution in [0.4, 0.5) is 0 Å². The Hall–Kier alpha value is -1.35. The fourth-order valence-corrected chi connectivity index (χ4v) is 2.67. The van der Waals surface area contributed by atoms with Crippen LogP contribution in [0.25, 0.3) is 0 Å². The Balaban J connectivity index is 2.00. The van der Waals surface area contributed by atoms with Gasteiger partial charge in [-0.05, 0) is 38.8 Å². The predicted octanol–water partition coefficient (Wildman–Crippen LogP) is 1.83. The number of nitrogens with zero attached hydrogens (tertiary/aromatic N) is 1. The van der Waals surface area contributed by atoms with Gasteiger partial charge in [-0.2, -0.15) is 0 Å². The summed E-state index contributed by atoms with van der Waals surface area (Å²) in [5, 5.41) is 3.11. The normalized spacial score (nSPS) is 22.0. The molecule has 0 bridgehead atoms. The highest BCUT2D eigenvalue weighted by atomic mass is 16.2. The van der Waals surface area contributed by atoms with Gasteiger partial charge in [-0.15, -0.1) is 0 Å². The number of benzene rings is 1. The highest BCUT2D eigenvalue weighted by Gasteiger charge is 2.30. The van der Waals surface area contributed by atoms with Crippen LogP contribution in [0.2, 0.25) is 0 Å². The first kappa shape index (κ1) is 13.1. The van der Waals surface area contributed by atoms with E-state index in [-0.39, 0.29) is 18.0 Å². The van der Waals surface area contributed by atoms with E-state index in [1.54, 1.807) is 0 Å². The molecule has 0 aromatic heterocycles. The van der Waals surface area contributed by atoms with Crippen molar-refractivity contribution in [2.45, 2.75) is 38.3 Å². The molecule has 18 heavy (non-hydrogen) atoms. The predicted molar refractivity (Wildman–Crippen MR) is 73.4 cm³/mol. The maximum Gasteiger partial charge on any atom is 0.239 e. The highest BCUT2D eigenvalue weighted by Crippen LogP contribution is 2.17. The number of carbonyl (C=O) groups excluding carboxylic acids is 1. The van der Waals surface area contributed by atoms with Crippen LogP contribution in [0.3, 0.4) is 0 Å². The number of carbonyl (C=O) groups is 1. The molecule has 1 amide bonds. The summed E-state index contributed by atoms with van der Waals surface area (Å²) in [7, 11) is 1.87. The zero-order valence-electron chi connectivity index (χ0n) is 11.2. The first-order valence-corrected chi connectivity index (χ1v) is 6.74. The molecular formula is C15H22N2O. The number of hydrogen-bond acceptors (Lipinski definition) is 2. The van der Waals surface area contributed by atoms with E-state index >= 15 is 0 Å². The van der Waals surface area contributed by atoms with Crippen LogP contribution in [-0.2, 0) is 11.2 Å². The van der Waals surface area contributed by atoms with E-state index in [4.69, 9.17) is 0 Å². The van der Waals surface area contributed by atoms with Gasteiger partial charge < -0.3 is 10.2 Å². The van der Waals surface area contributed by atoms with Gasteiger partial charge in [0.15, 0.2) is 0 Å². The Labute approximate surface area is 109 Å². The maximum atomic E-state index is 12.3. The van der Waals surface area contributed by atoms with Crippen molar-refractivity contribution in [2.24, 2.45) is 0 Å². The third-order valence-electron chi connectivity index (χ3n) is 3.73. The second kappa shape index (κ2) is 6.01. The summed E-state index contributed by atoms with van der Waals surface area (Å²) in [4.78, 5) is 14.3. The zero-order chi connectivity index (χ0) is 13.0. The smallest absolute Gasteiger partial charge is 0.239 e. The van der Waals surface area contributed by atoms with Crippen LogP contribution in [0, 0.1) is 0 Å². The van der Waals surface area contributed by atoms with Gasteiger partial charge in [0.1, 0.15) is 0 Å². The summed E-state index contributed by atoms with van der Waals surface area (Å²) in [5.41, 5.74) is 1.30. The number of nitrogens with one attached hydrogen (secondary N) is 1. The van der Waals surface area contributed by atoms with Gasteiger partial charge in [-0.1, -0.05) is 30.3 Å². The van der Waals surface area contributed by atoms with Crippen LogP contribution in [0.1, 0.15) is 25.3 Å². The molecule has 0 saturated carbocycles. The van der Waals surface area contributed by atoms with E-state index in [1.807, 2.05) is 18.0 Å². The Morgan fingerprint density at radius 1 is 1.39 bits per heavy atom. The topological polar surface area (TPSA) is 32.3 Å². The second-order valence-electron chi connectivity index (χ2n) is 5.05. The van der Waals surface area contributed by atoms with Gasteiger partial charge in [0.25, 0.3) is 0 Å². The standard InChI is InChI=1S/C15H22N2O/c1-12(11-13-7-4-3-5-8-13)17-10-6-9-14(16-2)15(17)18/h3-5,7-8,12,14,16H,6,9-11H2,1-2H3. The van der Waals surface area contributed by atoms with Gasteiger partial charge >= 0.3 is 0 Å². The average molecular weight is 246 g/mol. The lowest BCUT2D eigenvalue weighted by atomic mass is 10.00. The fourth-order valence-electron chi connectivity index (χ4n) is 2.67. The second-order valence-corrected chi connectivity index (χ2v) is 5.05. The molecule has 1 aromatic carbocycles. The average Bonchev–Trinajstić information content (AvgIpc) is 2.40. The molecular weight excluding hydrogens is 224 g/mol. The molecule has 1 saturated heterocycles. The van der Waals surface area contributed by atoms with Gasteiger partial charge in [0, 0.05) is 12.6 Å².